The number of anilines is 1. The second-order valence-electron chi connectivity index (χ2n) is 1.80. The lowest BCUT2D eigenvalue weighted by molar-refractivity contribution is 1.48. The molecule has 0 bridgehead atoms. The molecule has 1 aromatic rings. The van der Waals surface area contributed by atoms with Crippen molar-refractivity contribution < 1.29 is 0 Å². The summed E-state index contributed by atoms with van der Waals surface area (Å²) >= 11 is 3.16. The third kappa shape index (κ3) is 1.33. The Hall–Kier alpha value is -0.900. The van der Waals surface area contributed by atoms with E-state index in [-0.39, 0.29) is 0 Å². The molecule has 0 amide bonds. The summed E-state index contributed by atoms with van der Waals surface area (Å²) in [5.74, 6) is 0. The van der Waals surface area contributed by atoms with Crippen molar-refractivity contribution in [1.82, 2.24) is 0 Å². The normalized spacial score (nSPS) is 9.30. The highest BCUT2D eigenvalue weighted by Gasteiger charge is 1.95. The number of rotatable bonds is 1. The van der Waals surface area contributed by atoms with Gasteiger partial charge in [-0.2, -0.15) is 0 Å². The first-order valence-corrected chi connectivity index (χ1v) is 3.41. The third-order valence-corrected chi connectivity index (χ3v) is 1.78. The fraction of sp³-hybridized carbons (Fsp3) is 0. The molecular formula is C6H5BrN2O. The molecule has 0 spiro atoms. The molecule has 0 radical (unpaired) electrons. The minimum atomic E-state index is 0.376. The SMILES string of the molecule is Nc1ccc(N=O)cc1Br. The Morgan fingerprint density at radius 1 is 1.50 bits per heavy atom. The zero-order valence-corrected chi connectivity index (χ0v) is 6.63. The summed E-state index contributed by atoms with van der Waals surface area (Å²) in [5.41, 5.74) is 6.43. The maximum absolute atomic E-state index is 9.96. The second-order valence-corrected chi connectivity index (χ2v) is 2.65. The average Bonchev–Trinajstić information content (AvgIpc) is 1.95. The first-order chi connectivity index (χ1) is 4.74. The van der Waals surface area contributed by atoms with Crippen molar-refractivity contribution in [3.05, 3.63) is 27.6 Å². The molecule has 0 saturated carbocycles. The Morgan fingerprint density at radius 2 is 2.20 bits per heavy atom. The molecule has 0 atom stereocenters. The van der Waals surface area contributed by atoms with E-state index < -0.39 is 0 Å². The molecule has 0 unspecified atom stereocenters. The van der Waals surface area contributed by atoms with Crippen LogP contribution in [0.25, 0.3) is 0 Å². The van der Waals surface area contributed by atoms with Gasteiger partial charge in [-0.3, -0.25) is 0 Å². The van der Waals surface area contributed by atoms with Gasteiger partial charge in [0.25, 0.3) is 0 Å². The Balaban J connectivity index is 3.16. The Kier molecular flexibility index (Phi) is 2.01. The molecule has 1 rings (SSSR count). The molecule has 0 aliphatic heterocycles. The molecule has 0 saturated heterocycles. The van der Waals surface area contributed by atoms with Gasteiger partial charge in [-0.1, -0.05) is 0 Å². The molecule has 2 N–H and O–H groups in total. The molecule has 52 valence electrons. The molecule has 10 heavy (non-hydrogen) atoms. The maximum atomic E-state index is 9.96. The predicted molar refractivity (Wildman–Crippen MR) is 44.0 cm³/mol. The highest BCUT2D eigenvalue weighted by atomic mass is 79.9. The van der Waals surface area contributed by atoms with Gasteiger partial charge in [-0.25, -0.2) is 0 Å². The average molecular weight is 201 g/mol. The van der Waals surface area contributed by atoms with E-state index in [0.29, 0.717) is 15.8 Å². The fourth-order valence-electron chi connectivity index (χ4n) is 0.573. The third-order valence-electron chi connectivity index (χ3n) is 1.09. The largest absolute Gasteiger partial charge is 0.398 e. The minimum absolute atomic E-state index is 0.376. The highest BCUT2D eigenvalue weighted by Crippen LogP contribution is 2.24. The van der Waals surface area contributed by atoms with Gasteiger partial charge >= 0.3 is 0 Å². The predicted octanol–water partition coefficient (Wildman–Crippen LogP) is 2.43. The lowest BCUT2D eigenvalue weighted by Gasteiger charge is -1.95. The number of nitroso groups, excluding NO2 is 1. The van der Waals surface area contributed by atoms with Crippen LogP contribution < -0.4 is 5.73 Å². The lowest BCUT2D eigenvalue weighted by Crippen LogP contribution is -1.83. The summed E-state index contributed by atoms with van der Waals surface area (Å²) in [4.78, 5) is 9.96. The smallest absolute Gasteiger partial charge is 0.109 e. The number of hydrogen-bond acceptors (Lipinski definition) is 3. The summed E-state index contributed by atoms with van der Waals surface area (Å²) in [6.45, 7) is 0. The van der Waals surface area contributed by atoms with Crippen LogP contribution in [0.3, 0.4) is 0 Å². The van der Waals surface area contributed by atoms with E-state index in [4.69, 9.17) is 5.73 Å². The van der Waals surface area contributed by atoms with Gasteiger partial charge in [0, 0.05) is 10.2 Å². The summed E-state index contributed by atoms with van der Waals surface area (Å²) in [5, 5.41) is 2.74. The van der Waals surface area contributed by atoms with Crippen LogP contribution in [0.2, 0.25) is 0 Å². The minimum Gasteiger partial charge on any atom is -0.398 e. The quantitative estimate of drug-likeness (QED) is 0.560. The van der Waals surface area contributed by atoms with Crippen molar-refractivity contribution in [2.45, 2.75) is 0 Å². The molecular weight excluding hydrogens is 196 g/mol. The number of nitrogens with two attached hydrogens (primary N) is 1. The number of nitrogen functional groups attached to an aromatic ring is 1. The van der Waals surface area contributed by atoms with E-state index in [0.717, 1.165) is 0 Å². The Bertz CT molecular complexity index is 262. The Morgan fingerprint density at radius 3 is 2.70 bits per heavy atom. The van der Waals surface area contributed by atoms with E-state index in [1.165, 1.54) is 0 Å². The van der Waals surface area contributed by atoms with E-state index in [1.807, 2.05) is 0 Å². The first kappa shape index (κ1) is 7.21. The number of hydrogen-bond donors (Lipinski definition) is 1. The lowest BCUT2D eigenvalue weighted by atomic mass is 10.3. The number of nitrogens with zero attached hydrogens (tertiary/aromatic N) is 1. The molecule has 0 aliphatic rings. The van der Waals surface area contributed by atoms with Crippen LogP contribution in [0.15, 0.2) is 27.8 Å². The second kappa shape index (κ2) is 2.79. The van der Waals surface area contributed by atoms with Gasteiger partial charge < -0.3 is 5.73 Å². The van der Waals surface area contributed by atoms with Gasteiger partial charge in [0.1, 0.15) is 5.69 Å². The van der Waals surface area contributed by atoms with Crippen LogP contribution in [0.4, 0.5) is 11.4 Å². The monoisotopic (exact) mass is 200 g/mol. The Labute approximate surface area is 66.3 Å². The van der Waals surface area contributed by atoms with Crippen molar-refractivity contribution in [2.24, 2.45) is 5.18 Å². The van der Waals surface area contributed by atoms with Gasteiger partial charge in [-0.15, -0.1) is 4.91 Å². The molecule has 4 heteroatoms. The molecule has 0 fully saturated rings. The molecule has 1 aromatic carbocycles. The van der Waals surface area contributed by atoms with Gasteiger partial charge in [0.2, 0.25) is 0 Å². The van der Waals surface area contributed by atoms with Crippen molar-refractivity contribution in [3.63, 3.8) is 0 Å². The first-order valence-electron chi connectivity index (χ1n) is 2.62. The topological polar surface area (TPSA) is 55.4 Å². The maximum Gasteiger partial charge on any atom is 0.109 e. The summed E-state index contributed by atoms with van der Waals surface area (Å²) in [7, 11) is 0. The van der Waals surface area contributed by atoms with E-state index in [9.17, 15) is 4.91 Å². The summed E-state index contributed by atoms with van der Waals surface area (Å²) < 4.78 is 0.699. The fourth-order valence-corrected chi connectivity index (χ4v) is 0.940. The zero-order valence-electron chi connectivity index (χ0n) is 5.04. The van der Waals surface area contributed by atoms with Gasteiger partial charge in [-0.05, 0) is 39.3 Å². The van der Waals surface area contributed by atoms with Gasteiger partial charge in [0.05, 0.1) is 0 Å². The van der Waals surface area contributed by atoms with E-state index >= 15 is 0 Å². The van der Waals surface area contributed by atoms with Crippen LogP contribution in [0, 0.1) is 4.91 Å². The highest BCUT2D eigenvalue weighted by molar-refractivity contribution is 9.10. The van der Waals surface area contributed by atoms with Crippen molar-refractivity contribution in [1.29, 1.82) is 0 Å². The number of benzene rings is 1. The van der Waals surface area contributed by atoms with Crippen LogP contribution in [0.5, 0.6) is 0 Å². The summed E-state index contributed by atoms with van der Waals surface area (Å²) in [6, 6.07) is 4.76. The van der Waals surface area contributed by atoms with Crippen molar-refractivity contribution >= 4 is 27.3 Å². The number of halogens is 1. The summed E-state index contributed by atoms with van der Waals surface area (Å²) in [6.07, 6.45) is 0. The van der Waals surface area contributed by atoms with Crippen LogP contribution in [-0.2, 0) is 0 Å². The van der Waals surface area contributed by atoms with Crippen LogP contribution in [0.1, 0.15) is 0 Å². The molecule has 0 aromatic heterocycles. The van der Waals surface area contributed by atoms with E-state index in [1.54, 1.807) is 18.2 Å². The van der Waals surface area contributed by atoms with Gasteiger partial charge in [0.15, 0.2) is 0 Å². The molecule has 3 nitrogen and oxygen atoms in total. The molecule has 0 heterocycles. The van der Waals surface area contributed by atoms with Crippen LogP contribution >= 0.6 is 15.9 Å². The van der Waals surface area contributed by atoms with Crippen molar-refractivity contribution in [2.75, 3.05) is 5.73 Å². The zero-order chi connectivity index (χ0) is 7.56. The van der Waals surface area contributed by atoms with Crippen molar-refractivity contribution in [3.8, 4) is 0 Å². The van der Waals surface area contributed by atoms with E-state index in [2.05, 4.69) is 21.1 Å². The molecule has 0 aliphatic carbocycles. The standard InChI is InChI=1S/C6H5BrN2O/c7-5-3-4(9-10)1-2-6(5)8/h1-3H,8H2. The van der Waals surface area contributed by atoms with Crippen LogP contribution in [-0.4, -0.2) is 0 Å².